The van der Waals surface area contributed by atoms with Gasteiger partial charge in [0.2, 0.25) is 5.88 Å². The van der Waals surface area contributed by atoms with Crippen LogP contribution in [-0.2, 0) is 6.54 Å². The van der Waals surface area contributed by atoms with Gasteiger partial charge in [0.1, 0.15) is 0 Å². The third-order valence-electron chi connectivity index (χ3n) is 7.36. The van der Waals surface area contributed by atoms with Gasteiger partial charge in [-0.05, 0) is 71.3 Å². The van der Waals surface area contributed by atoms with E-state index < -0.39 is 0 Å². The molecular weight excluding hydrogens is 460 g/mol. The number of pyridine rings is 1. The summed E-state index contributed by atoms with van der Waals surface area (Å²) < 4.78 is 5.33. The summed E-state index contributed by atoms with van der Waals surface area (Å²) in [5.41, 5.74) is 10.6. The van der Waals surface area contributed by atoms with E-state index in [0.29, 0.717) is 11.4 Å². The third kappa shape index (κ3) is 5.06. The topological polar surface area (TPSA) is 62.7 Å². The minimum Gasteiger partial charge on any atom is -0.480 e. The second-order valence-corrected chi connectivity index (χ2v) is 9.74. The number of carbonyl (C=O) groups excluding carboxylic acids is 1. The van der Waals surface area contributed by atoms with Crippen LogP contribution in [0.1, 0.15) is 33.5 Å². The molecule has 1 fully saturated rings. The molecule has 5 heteroatoms. The van der Waals surface area contributed by atoms with E-state index in [9.17, 15) is 9.90 Å². The fourth-order valence-corrected chi connectivity index (χ4v) is 5.30. The SMILES string of the molecule is COc1nc(-c2cccc(-c3cccc(-c4ccc(CN5CC[C@@H](O)C5)cc4)c3C)c2C)ccc1C=O. The molecule has 4 aromatic rings. The summed E-state index contributed by atoms with van der Waals surface area (Å²) >= 11 is 0. The first-order valence-corrected chi connectivity index (χ1v) is 12.7. The Bertz CT molecular complexity index is 1430. The first-order chi connectivity index (χ1) is 18.0. The zero-order chi connectivity index (χ0) is 25.9. The number of carbonyl (C=O) groups is 1. The third-order valence-corrected chi connectivity index (χ3v) is 7.36. The number of β-amino-alcohol motifs (C(OH)–C–C–N with tert-alkyl or cyclic N) is 1. The summed E-state index contributed by atoms with van der Waals surface area (Å²) in [5.74, 6) is 0.333. The Morgan fingerprint density at radius 1 is 0.919 bits per heavy atom. The number of aliphatic hydroxyl groups is 1. The van der Waals surface area contributed by atoms with E-state index in [4.69, 9.17) is 4.74 Å². The predicted octanol–water partition coefficient (Wildman–Crippen LogP) is 6.09. The van der Waals surface area contributed by atoms with Crippen molar-refractivity contribution in [2.24, 2.45) is 0 Å². The second kappa shape index (κ2) is 10.7. The summed E-state index contributed by atoms with van der Waals surface area (Å²) in [7, 11) is 1.53. The van der Waals surface area contributed by atoms with Gasteiger partial charge >= 0.3 is 0 Å². The maximum Gasteiger partial charge on any atom is 0.224 e. The summed E-state index contributed by atoms with van der Waals surface area (Å²) in [5, 5.41) is 9.80. The fourth-order valence-electron chi connectivity index (χ4n) is 5.30. The Morgan fingerprint density at radius 2 is 1.57 bits per heavy atom. The Balaban J connectivity index is 1.46. The molecule has 0 radical (unpaired) electrons. The Hall–Kier alpha value is -3.80. The van der Waals surface area contributed by atoms with Crippen LogP contribution in [-0.4, -0.2) is 47.6 Å². The lowest BCUT2D eigenvalue weighted by Crippen LogP contribution is -2.21. The maximum atomic E-state index is 11.3. The van der Waals surface area contributed by atoms with Crippen LogP contribution in [0.2, 0.25) is 0 Å². The van der Waals surface area contributed by atoms with Crippen molar-refractivity contribution in [1.29, 1.82) is 0 Å². The zero-order valence-corrected chi connectivity index (χ0v) is 21.6. The van der Waals surface area contributed by atoms with Crippen molar-refractivity contribution in [2.75, 3.05) is 20.2 Å². The smallest absolute Gasteiger partial charge is 0.224 e. The van der Waals surface area contributed by atoms with Gasteiger partial charge in [0.15, 0.2) is 6.29 Å². The van der Waals surface area contributed by atoms with Crippen LogP contribution in [0.15, 0.2) is 72.8 Å². The van der Waals surface area contributed by atoms with E-state index in [1.807, 2.05) is 6.07 Å². The highest BCUT2D eigenvalue weighted by molar-refractivity contribution is 5.84. The molecule has 1 aliphatic rings. The van der Waals surface area contributed by atoms with Gasteiger partial charge in [0, 0.05) is 25.2 Å². The van der Waals surface area contributed by atoms with Crippen molar-refractivity contribution in [3.63, 3.8) is 0 Å². The molecule has 2 heterocycles. The van der Waals surface area contributed by atoms with Crippen LogP contribution < -0.4 is 4.74 Å². The average molecular weight is 493 g/mol. The zero-order valence-electron chi connectivity index (χ0n) is 21.6. The van der Waals surface area contributed by atoms with Gasteiger partial charge in [0.05, 0.1) is 24.5 Å². The van der Waals surface area contributed by atoms with E-state index >= 15 is 0 Å². The number of hydrogen-bond donors (Lipinski definition) is 1. The van der Waals surface area contributed by atoms with Gasteiger partial charge in [-0.15, -0.1) is 0 Å². The summed E-state index contributed by atoms with van der Waals surface area (Å²) in [6, 6.07) is 25.1. The molecule has 1 saturated heterocycles. The average Bonchev–Trinajstić information content (AvgIpc) is 3.33. The van der Waals surface area contributed by atoms with Crippen LogP contribution >= 0.6 is 0 Å². The number of aromatic nitrogens is 1. The summed E-state index contributed by atoms with van der Waals surface area (Å²) in [6.07, 6.45) is 1.43. The van der Waals surface area contributed by atoms with Crippen molar-refractivity contribution in [3.8, 4) is 39.4 Å². The van der Waals surface area contributed by atoms with Crippen LogP contribution in [0.4, 0.5) is 0 Å². The van der Waals surface area contributed by atoms with Crippen LogP contribution in [0.5, 0.6) is 5.88 Å². The molecule has 3 aromatic carbocycles. The molecule has 0 aliphatic carbocycles. The second-order valence-electron chi connectivity index (χ2n) is 9.74. The molecule has 0 saturated carbocycles. The van der Waals surface area contributed by atoms with Crippen molar-refractivity contribution in [3.05, 3.63) is 95.1 Å². The Labute approximate surface area is 218 Å². The van der Waals surface area contributed by atoms with Crippen LogP contribution in [0.25, 0.3) is 33.5 Å². The minimum atomic E-state index is -0.194. The Kier molecular flexibility index (Phi) is 7.17. The maximum absolute atomic E-state index is 11.3. The number of aliphatic hydroxyl groups excluding tert-OH is 1. The van der Waals surface area contributed by atoms with E-state index in [2.05, 4.69) is 84.4 Å². The molecule has 5 rings (SSSR count). The number of nitrogens with zero attached hydrogens (tertiary/aromatic N) is 2. The Morgan fingerprint density at radius 3 is 2.19 bits per heavy atom. The molecule has 0 unspecified atom stereocenters. The number of aldehydes is 1. The van der Waals surface area contributed by atoms with Crippen LogP contribution in [0.3, 0.4) is 0 Å². The lowest BCUT2D eigenvalue weighted by atomic mass is 9.88. The molecule has 5 nitrogen and oxygen atoms in total. The monoisotopic (exact) mass is 492 g/mol. The van der Waals surface area contributed by atoms with Gasteiger partial charge in [-0.1, -0.05) is 60.7 Å². The quantitative estimate of drug-likeness (QED) is 0.317. The molecular formula is C32H32N2O3. The number of likely N-dealkylation sites (tertiary alicyclic amines) is 1. The molecule has 1 N–H and O–H groups in total. The van der Waals surface area contributed by atoms with E-state index in [1.54, 1.807) is 6.07 Å². The lowest BCUT2D eigenvalue weighted by Gasteiger charge is -2.17. The number of methoxy groups -OCH3 is 1. The number of rotatable bonds is 7. The number of benzene rings is 3. The van der Waals surface area contributed by atoms with E-state index in [1.165, 1.54) is 34.9 Å². The molecule has 1 aromatic heterocycles. The highest BCUT2D eigenvalue weighted by atomic mass is 16.5. The van der Waals surface area contributed by atoms with Gasteiger partial charge in [-0.2, -0.15) is 0 Å². The van der Waals surface area contributed by atoms with E-state index in [-0.39, 0.29) is 6.10 Å². The molecule has 0 amide bonds. The van der Waals surface area contributed by atoms with Crippen molar-refractivity contribution in [2.45, 2.75) is 32.9 Å². The molecule has 37 heavy (non-hydrogen) atoms. The molecule has 188 valence electrons. The van der Waals surface area contributed by atoms with Crippen molar-refractivity contribution >= 4 is 6.29 Å². The van der Waals surface area contributed by atoms with Crippen molar-refractivity contribution in [1.82, 2.24) is 9.88 Å². The first kappa shape index (κ1) is 24.9. The number of ether oxygens (including phenoxy) is 1. The minimum absolute atomic E-state index is 0.194. The molecule has 1 aliphatic heterocycles. The van der Waals surface area contributed by atoms with Crippen molar-refractivity contribution < 1.29 is 14.6 Å². The summed E-state index contributed by atoms with van der Waals surface area (Å²) in [6.45, 7) is 6.87. The normalized spacial score (nSPS) is 15.6. The van der Waals surface area contributed by atoms with Crippen LogP contribution in [0, 0.1) is 13.8 Å². The standard InChI is InChI=1S/C32H32N2O3/c1-21-27(24-12-10-23(11-13-24)18-34-17-16-26(36)19-34)6-4-7-28(21)29-8-5-9-30(22(29)2)31-15-14-25(20-35)32(33-31)37-3/h4-15,20,26,36H,16-19H2,1-3H3/t26-/m1/s1. The number of hydrogen-bond acceptors (Lipinski definition) is 5. The predicted molar refractivity (Wildman–Crippen MR) is 148 cm³/mol. The molecule has 0 spiro atoms. The summed E-state index contributed by atoms with van der Waals surface area (Å²) in [4.78, 5) is 18.2. The highest BCUT2D eigenvalue weighted by Crippen LogP contribution is 2.37. The van der Waals surface area contributed by atoms with E-state index in [0.717, 1.165) is 54.7 Å². The van der Waals surface area contributed by atoms with Gasteiger partial charge in [0.25, 0.3) is 0 Å². The molecule has 0 bridgehead atoms. The van der Waals surface area contributed by atoms with Gasteiger partial charge in [-0.3, -0.25) is 9.69 Å². The van der Waals surface area contributed by atoms with Gasteiger partial charge < -0.3 is 9.84 Å². The first-order valence-electron chi connectivity index (χ1n) is 12.7. The lowest BCUT2D eigenvalue weighted by molar-refractivity contribution is 0.112. The molecule has 1 atom stereocenters. The largest absolute Gasteiger partial charge is 0.480 e. The van der Waals surface area contributed by atoms with Gasteiger partial charge in [-0.25, -0.2) is 4.98 Å². The fraction of sp³-hybridized carbons (Fsp3) is 0.250. The highest BCUT2D eigenvalue weighted by Gasteiger charge is 2.20.